The summed E-state index contributed by atoms with van der Waals surface area (Å²) in [7, 11) is 0. The molecule has 0 amide bonds. The molecule has 25 heavy (non-hydrogen) atoms. The maximum absolute atomic E-state index is 6.32. The van der Waals surface area contributed by atoms with Crippen molar-refractivity contribution in [3.63, 3.8) is 0 Å². The summed E-state index contributed by atoms with van der Waals surface area (Å²) in [6, 6.07) is 16.3. The third kappa shape index (κ3) is 3.25. The predicted octanol–water partition coefficient (Wildman–Crippen LogP) is 5.53. The lowest BCUT2D eigenvalue weighted by Gasteiger charge is -2.44. The van der Waals surface area contributed by atoms with E-state index in [0.717, 1.165) is 46.6 Å². The monoisotopic (exact) mass is 353 g/mol. The first-order chi connectivity index (χ1) is 12.2. The zero-order valence-corrected chi connectivity index (χ0v) is 15.3. The smallest absolute Gasteiger partial charge is 0.128 e. The van der Waals surface area contributed by atoms with Crippen molar-refractivity contribution in [1.29, 1.82) is 0 Å². The van der Waals surface area contributed by atoms with E-state index in [1.165, 1.54) is 12.8 Å². The summed E-state index contributed by atoms with van der Waals surface area (Å²) in [4.78, 5) is 4.99. The molecule has 1 spiro atoms. The van der Waals surface area contributed by atoms with Gasteiger partial charge in [0, 0.05) is 11.6 Å². The van der Waals surface area contributed by atoms with E-state index in [0.29, 0.717) is 6.54 Å². The summed E-state index contributed by atoms with van der Waals surface area (Å²) in [5.41, 5.74) is 3.17. The van der Waals surface area contributed by atoms with Gasteiger partial charge in [-0.25, -0.2) is 4.99 Å². The Bertz CT molecular complexity index is 791. The van der Waals surface area contributed by atoms with Gasteiger partial charge in [-0.1, -0.05) is 48.9 Å². The highest BCUT2D eigenvalue weighted by molar-refractivity contribution is 6.31. The Morgan fingerprint density at radius 3 is 2.64 bits per heavy atom. The van der Waals surface area contributed by atoms with E-state index in [2.05, 4.69) is 41.8 Å². The van der Waals surface area contributed by atoms with Gasteiger partial charge in [0.05, 0.1) is 16.9 Å². The van der Waals surface area contributed by atoms with Gasteiger partial charge < -0.3 is 10.6 Å². The van der Waals surface area contributed by atoms with Crippen molar-refractivity contribution < 1.29 is 0 Å². The summed E-state index contributed by atoms with van der Waals surface area (Å²) < 4.78 is 0. The van der Waals surface area contributed by atoms with Crippen LogP contribution in [0.4, 0.5) is 11.4 Å². The molecule has 4 rings (SSSR count). The second-order valence-electron chi connectivity index (χ2n) is 7.31. The van der Waals surface area contributed by atoms with Gasteiger partial charge in [0.15, 0.2) is 0 Å². The molecule has 1 aliphatic carbocycles. The third-order valence-corrected chi connectivity index (χ3v) is 5.86. The fraction of sp³-hybridized carbons (Fsp3) is 0.381. The number of nitrogens with one attached hydrogen (secondary N) is 2. The van der Waals surface area contributed by atoms with Crippen LogP contribution < -0.4 is 10.6 Å². The highest BCUT2D eigenvalue weighted by atomic mass is 35.5. The Morgan fingerprint density at radius 2 is 1.84 bits per heavy atom. The number of halogens is 1. The standard InChI is InChI=1S/C21H24ClN3/c1-15-10-12-21(13-11-15)20(23-14-16-6-2-3-7-17(16)22)24-18-8-4-5-9-19(18)25-21/h2-9,15,25H,10-14H2,1H3,(H,23,24). The number of aliphatic imine (C=N–C) groups is 1. The second-order valence-corrected chi connectivity index (χ2v) is 7.72. The van der Waals surface area contributed by atoms with Crippen molar-refractivity contribution in [3.8, 4) is 0 Å². The molecule has 0 atom stereocenters. The lowest BCUT2D eigenvalue weighted by Crippen LogP contribution is -2.55. The molecule has 0 radical (unpaired) electrons. The van der Waals surface area contributed by atoms with Crippen molar-refractivity contribution >= 4 is 28.8 Å². The number of rotatable bonds is 2. The van der Waals surface area contributed by atoms with Crippen molar-refractivity contribution in [1.82, 2.24) is 5.32 Å². The molecule has 1 saturated carbocycles. The van der Waals surface area contributed by atoms with Gasteiger partial charge in [0.1, 0.15) is 5.84 Å². The van der Waals surface area contributed by atoms with E-state index in [-0.39, 0.29) is 5.54 Å². The molecule has 2 aromatic rings. The van der Waals surface area contributed by atoms with Gasteiger partial charge in [0.25, 0.3) is 0 Å². The first-order valence-electron chi connectivity index (χ1n) is 9.10. The van der Waals surface area contributed by atoms with Crippen LogP contribution in [0.5, 0.6) is 0 Å². The van der Waals surface area contributed by atoms with Gasteiger partial charge in [-0.15, -0.1) is 0 Å². The number of benzene rings is 2. The quantitative estimate of drug-likeness (QED) is 0.744. The number of amidine groups is 1. The molecule has 2 aliphatic rings. The van der Waals surface area contributed by atoms with Gasteiger partial charge >= 0.3 is 0 Å². The van der Waals surface area contributed by atoms with Crippen LogP contribution >= 0.6 is 11.6 Å². The van der Waals surface area contributed by atoms with Crippen molar-refractivity contribution in [2.75, 3.05) is 5.32 Å². The highest BCUT2D eigenvalue weighted by Gasteiger charge is 2.41. The zero-order chi connectivity index (χ0) is 17.3. The molecule has 1 heterocycles. The summed E-state index contributed by atoms with van der Waals surface area (Å²) in [5, 5.41) is 8.20. The van der Waals surface area contributed by atoms with E-state index in [9.17, 15) is 0 Å². The summed E-state index contributed by atoms with van der Waals surface area (Å²) in [6.45, 7) is 3.04. The molecule has 2 aromatic carbocycles. The lowest BCUT2D eigenvalue weighted by molar-refractivity contribution is 0.318. The number of nitrogens with zero attached hydrogens (tertiary/aromatic N) is 1. The van der Waals surface area contributed by atoms with Gasteiger partial charge in [-0.3, -0.25) is 0 Å². The van der Waals surface area contributed by atoms with Crippen molar-refractivity contribution in [2.24, 2.45) is 10.9 Å². The van der Waals surface area contributed by atoms with E-state index in [4.69, 9.17) is 16.6 Å². The van der Waals surface area contributed by atoms with Crippen LogP contribution in [0.1, 0.15) is 38.2 Å². The molecule has 0 unspecified atom stereocenters. The first kappa shape index (κ1) is 16.5. The molecule has 1 aliphatic heterocycles. The lowest BCUT2D eigenvalue weighted by atomic mass is 9.75. The van der Waals surface area contributed by atoms with Crippen LogP contribution in [-0.4, -0.2) is 11.4 Å². The molecule has 0 bridgehead atoms. The van der Waals surface area contributed by atoms with Gasteiger partial charge in [-0.05, 0) is 55.4 Å². The minimum Gasteiger partial charge on any atom is -0.371 e. The van der Waals surface area contributed by atoms with E-state index in [1.807, 2.05) is 24.3 Å². The average Bonchev–Trinajstić information content (AvgIpc) is 2.64. The van der Waals surface area contributed by atoms with Crippen LogP contribution in [-0.2, 0) is 6.54 Å². The maximum Gasteiger partial charge on any atom is 0.128 e. The van der Waals surface area contributed by atoms with Crippen molar-refractivity contribution in [3.05, 3.63) is 59.1 Å². The number of fused-ring (bicyclic) bond motifs is 1. The Balaban J connectivity index is 1.63. The largest absolute Gasteiger partial charge is 0.371 e. The van der Waals surface area contributed by atoms with E-state index in [1.54, 1.807) is 0 Å². The minimum atomic E-state index is -0.0812. The molecule has 0 saturated heterocycles. The Kier molecular flexibility index (Phi) is 4.43. The molecule has 3 nitrogen and oxygen atoms in total. The zero-order valence-electron chi connectivity index (χ0n) is 14.6. The third-order valence-electron chi connectivity index (χ3n) is 5.50. The average molecular weight is 354 g/mol. The molecule has 4 heteroatoms. The SMILES string of the molecule is CC1CCC2(CC1)Nc1ccccc1N=C2NCc1ccccc1Cl. The van der Waals surface area contributed by atoms with E-state index >= 15 is 0 Å². The molecular formula is C21H24ClN3. The van der Waals surface area contributed by atoms with Crippen LogP contribution in [0.3, 0.4) is 0 Å². The Hall–Kier alpha value is -2.00. The fourth-order valence-corrected chi connectivity index (χ4v) is 4.07. The second kappa shape index (κ2) is 6.72. The highest BCUT2D eigenvalue weighted by Crippen LogP contribution is 2.41. The van der Waals surface area contributed by atoms with Crippen LogP contribution in [0.25, 0.3) is 0 Å². The number of hydrogen-bond donors (Lipinski definition) is 2. The van der Waals surface area contributed by atoms with Crippen LogP contribution in [0.2, 0.25) is 5.02 Å². The fourth-order valence-electron chi connectivity index (χ4n) is 3.87. The molecular weight excluding hydrogens is 330 g/mol. The summed E-state index contributed by atoms with van der Waals surface area (Å²) in [5.74, 6) is 1.84. The van der Waals surface area contributed by atoms with Crippen LogP contribution in [0, 0.1) is 5.92 Å². The Labute approximate surface area is 154 Å². The molecule has 130 valence electrons. The van der Waals surface area contributed by atoms with Gasteiger partial charge in [0.2, 0.25) is 0 Å². The maximum atomic E-state index is 6.32. The predicted molar refractivity (Wildman–Crippen MR) is 106 cm³/mol. The number of para-hydroxylation sites is 2. The molecule has 0 aromatic heterocycles. The topological polar surface area (TPSA) is 36.4 Å². The molecule has 2 N–H and O–H groups in total. The normalized spacial score (nSPS) is 25.0. The number of anilines is 1. The number of hydrogen-bond acceptors (Lipinski definition) is 3. The van der Waals surface area contributed by atoms with E-state index < -0.39 is 0 Å². The minimum absolute atomic E-state index is 0.0812. The first-order valence-corrected chi connectivity index (χ1v) is 9.48. The van der Waals surface area contributed by atoms with Crippen molar-refractivity contribution in [2.45, 2.75) is 44.7 Å². The van der Waals surface area contributed by atoms with Gasteiger partial charge in [-0.2, -0.15) is 0 Å². The van der Waals surface area contributed by atoms with Crippen LogP contribution in [0.15, 0.2) is 53.5 Å². The molecule has 1 fully saturated rings. The summed E-state index contributed by atoms with van der Waals surface area (Å²) >= 11 is 6.32. The summed E-state index contributed by atoms with van der Waals surface area (Å²) in [6.07, 6.45) is 4.66. The Morgan fingerprint density at radius 1 is 1.12 bits per heavy atom.